The van der Waals surface area contributed by atoms with Gasteiger partial charge in [-0.25, -0.2) is 0 Å². The predicted octanol–water partition coefficient (Wildman–Crippen LogP) is 3.98. The molecule has 0 aromatic carbocycles. The molecule has 15 heavy (non-hydrogen) atoms. The van der Waals surface area contributed by atoms with Crippen LogP contribution >= 0.6 is 0 Å². The van der Waals surface area contributed by atoms with Crippen LogP contribution in [0.2, 0.25) is 0 Å². The van der Waals surface area contributed by atoms with Gasteiger partial charge in [-0.1, -0.05) is 39.5 Å². The van der Waals surface area contributed by atoms with Gasteiger partial charge in [-0.2, -0.15) is 0 Å². The maximum absolute atomic E-state index is 3.55. The van der Waals surface area contributed by atoms with E-state index < -0.39 is 0 Å². The summed E-state index contributed by atoms with van der Waals surface area (Å²) in [7, 11) is 2.15. The molecule has 1 unspecified atom stereocenters. The van der Waals surface area contributed by atoms with Crippen LogP contribution in [-0.2, 0) is 0 Å². The molecule has 0 bridgehead atoms. The van der Waals surface area contributed by atoms with E-state index in [2.05, 4.69) is 26.2 Å². The molecule has 1 aliphatic carbocycles. The van der Waals surface area contributed by atoms with Gasteiger partial charge >= 0.3 is 0 Å². The minimum absolute atomic E-state index is 0.783. The summed E-state index contributed by atoms with van der Waals surface area (Å²) < 4.78 is 0. The normalized spacial score (nSPS) is 18.4. The first-order valence-electron chi connectivity index (χ1n) is 6.99. The largest absolute Gasteiger partial charge is 0.317 e. The Hall–Kier alpha value is -0.0400. The van der Waals surface area contributed by atoms with Crippen molar-refractivity contribution in [3.05, 3.63) is 0 Å². The van der Waals surface area contributed by atoms with E-state index in [-0.39, 0.29) is 0 Å². The maximum Gasteiger partial charge on any atom is 0.00924 e. The lowest BCUT2D eigenvalue weighted by Gasteiger charge is -2.26. The molecule has 1 nitrogen and oxygen atoms in total. The molecule has 0 saturated heterocycles. The zero-order chi connectivity index (χ0) is 11.1. The maximum atomic E-state index is 3.55. The molecule has 1 N–H and O–H groups in total. The van der Waals surface area contributed by atoms with E-state index in [1.165, 1.54) is 51.4 Å². The Balaban J connectivity index is 2.28. The first-order chi connectivity index (χ1) is 7.31. The summed E-state index contributed by atoms with van der Waals surface area (Å²) in [6.07, 6.45) is 11.4. The minimum Gasteiger partial charge on any atom is -0.317 e. The molecule has 1 saturated carbocycles. The topological polar surface area (TPSA) is 12.0 Å². The molecule has 90 valence electrons. The quantitative estimate of drug-likeness (QED) is 0.608. The van der Waals surface area contributed by atoms with Crippen molar-refractivity contribution in [1.82, 2.24) is 5.32 Å². The smallest absolute Gasteiger partial charge is 0.00924 e. The van der Waals surface area contributed by atoms with E-state index in [1.807, 2.05) is 0 Å². The minimum atomic E-state index is 0.783. The van der Waals surface area contributed by atoms with Crippen molar-refractivity contribution in [3.63, 3.8) is 0 Å². The molecular weight excluding hydrogens is 182 g/mol. The van der Waals surface area contributed by atoms with Crippen LogP contribution in [-0.4, -0.2) is 13.1 Å². The lowest BCUT2D eigenvalue weighted by atomic mass is 9.87. The van der Waals surface area contributed by atoms with Gasteiger partial charge in [0, 0.05) is 6.04 Å². The zero-order valence-corrected chi connectivity index (χ0v) is 10.9. The molecule has 0 aromatic rings. The molecular formula is C14H29N. The van der Waals surface area contributed by atoms with Crippen molar-refractivity contribution >= 4 is 0 Å². The SMILES string of the molecule is CCCC(CCC)C(CCC1CC1)NC. The van der Waals surface area contributed by atoms with Gasteiger partial charge in [-0.3, -0.25) is 0 Å². The van der Waals surface area contributed by atoms with Crippen LogP contribution in [0.3, 0.4) is 0 Å². The van der Waals surface area contributed by atoms with Gasteiger partial charge in [0.05, 0.1) is 0 Å². The van der Waals surface area contributed by atoms with Crippen molar-refractivity contribution in [2.75, 3.05) is 7.05 Å². The lowest BCUT2D eigenvalue weighted by Crippen LogP contribution is -2.33. The average molecular weight is 211 g/mol. The fourth-order valence-electron chi connectivity index (χ4n) is 2.73. The first-order valence-corrected chi connectivity index (χ1v) is 6.99. The van der Waals surface area contributed by atoms with E-state index >= 15 is 0 Å². The summed E-state index contributed by atoms with van der Waals surface area (Å²) >= 11 is 0. The second-order valence-corrected chi connectivity index (χ2v) is 5.25. The van der Waals surface area contributed by atoms with Gasteiger partial charge in [0.2, 0.25) is 0 Å². The van der Waals surface area contributed by atoms with E-state index in [4.69, 9.17) is 0 Å². The Labute approximate surface area is 96.0 Å². The average Bonchev–Trinajstić information content (AvgIpc) is 3.03. The lowest BCUT2D eigenvalue weighted by molar-refractivity contribution is 0.302. The molecule has 0 aliphatic heterocycles. The Morgan fingerprint density at radius 2 is 1.67 bits per heavy atom. The monoisotopic (exact) mass is 211 g/mol. The molecule has 0 heterocycles. The molecule has 0 amide bonds. The number of hydrogen-bond donors (Lipinski definition) is 1. The van der Waals surface area contributed by atoms with E-state index in [0.717, 1.165) is 17.9 Å². The van der Waals surface area contributed by atoms with Crippen LogP contribution in [0.15, 0.2) is 0 Å². The van der Waals surface area contributed by atoms with Crippen LogP contribution in [0.5, 0.6) is 0 Å². The summed E-state index contributed by atoms with van der Waals surface area (Å²) in [5, 5.41) is 3.55. The molecule has 0 spiro atoms. The van der Waals surface area contributed by atoms with Gasteiger partial charge in [-0.15, -0.1) is 0 Å². The fraction of sp³-hybridized carbons (Fsp3) is 1.00. The third-order valence-electron chi connectivity index (χ3n) is 3.84. The summed E-state index contributed by atoms with van der Waals surface area (Å²) in [5.74, 6) is 2.01. The molecule has 0 radical (unpaired) electrons. The van der Waals surface area contributed by atoms with E-state index in [0.29, 0.717) is 0 Å². The van der Waals surface area contributed by atoms with Crippen LogP contribution in [0.25, 0.3) is 0 Å². The molecule has 1 heteroatoms. The Bertz CT molecular complexity index is 145. The van der Waals surface area contributed by atoms with Crippen LogP contribution in [0, 0.1) is 11.8 Å². The van der Waals surface area contributed by atoms with Crippen LogP contribution < -0.4 is 5.32 Å². The summed E-state index contributed by atoms with van der Waals surface area (Å²) in [6, 6.07) is 0.783. The Morgan fingerprint density at radius 3 is 2.07 bits per heavy atom. The van der Waals surface area contributed by atoms with Crippen LogP contribution in [0.1, 0.15) is 65.2 Å². The van der Waals surface area contributed by atoms with Crippen molar-refractivity contribution in [2.45, 2.75) is 71.3 Å². The number of nitrogens with one attached hydrogen (secondary N) is 1. The van der Waals surface area contributed by atoms with E-state index in [9.17, 15) is 0 Å². The first kappa shape index (κ1) is 13.0. The van der Waals surface area contributed by atoms with Gasteiger partial charge in [0.15, 0.2) is 0 Å². The number of hydrogen-bond acceptors (Lipinski definition) is 1. The van der Waals surface area contributed by atoms with E-state index in [1.54, 1.807) is 0 Å². The third-order valence-corrected chi connectivity index (χ3v) is 3.84. The highest BCUT2D eigenvalue weighted by molar-refractivity contribution is 4.80. The fourth-order valence-corrected chi connectivity index (χ4v) is 2.73. The Kier molecular flexibility index (Phi) is 6.31. The van der Waals surface area contributed by atoms with Crippen molar-refractivity contribution < 1.29 is 0 Å². The third kappa shape index (κ3) is 5.01. The highest BCUT2D eigenvalue weighted by Gasteiger charge is 2.24. The molecule has 1 fully saturated rings. The highest BCUT2D eigenvalue weighted by atomic mass is 14.9. The summed E-state index contributed by atoms with van der Waals surface area (Å²) in [6.45, 7) is 4.63. The standard InChI is InChI=1S/C14H29N/c1-4-6-13(7-5-2)14(15-3)11-10-12-8-9-12/h12-15H,4-11H2,1-3H3. The van der Waals surface area contributed by atoms with Gasteiger partial charge in [-0.05, 0) is 44.6 Å². The summed E-state index contributed by atoms with van der Waals surface area (Å²) in [5.41, 5.74) is 0. The second kappa shape index (κ2) is 7.27. The van der Waals surface area contributed by atoms with Gasteiger partial charge in [0.1, 0.15) is 0 Å². The molecule has 1 rings (SSSR count). The van der Waals surface area contributed by atoms with Crippen molar-refractivity contribution in [1.29, 1.82) is 0 Å². The number of rotatable bonds is 9. The highest BCUT2D eigenvalue weighted by Crippen LogP contribution is 2.35. The van der Waals surface area contributed by atoms with Gasteiger partial charge < -0.3 is 5.32 Å². The molecule has 1 aliphatic rings. The van der Waals surface area contributed by atoms with Crippen molar-refractivity contribution in [3.8, 4) is 0 Å². The predicted molar refractivity (Wildman–Crippen MR) is 68.1 cm³/mol. The molecule has 1 atom stereocenters. The summed E-state index contributed by atoms with van der Waals surface area (Å²) in [4.78, 5) is 0. The Morgan fingerprint density at radius 1 is 1.07 bits per heavy atom. The second-order valence-electron chi connectivity index (χ2n) is 5.25. The van der Waals surface area contributed by atoms with Crippen LogP contribution in [0.4, 0.5) is 0 Å². The van der Waals surface area contributed by atoms with Gasteiger partial charge in [0.25, 0.3) is 0 Å². The van der Waals surface area contributed by atoms with Crippen molar-refractivity contribution in [2.24, 2.45) is 11.8 Å². The molecule has 0 aromatic heterocycles. The zero-order valence-electron chi connectivity index (χ0n) is 10.9.